The molecule has 1 aromatic rings. The first-order chi connectivity index (χ1) is 8.28. The minimum atomic E-state index is -0.144. The number of anilines is 1. The molecule has 0 aromatic carbocycles. The third-order valence-electron chi connectivity index (χ3n) is 4.01. The van der Waals surface area contributed by atoms with E-state index in [0.29, 0.717) is 17.5 Å². The summed E-state index contributed by atoms with van der Waals surface area (Å²) in [6, 6.07) is 3.69. The lowest BCUT2D eigenvalue weighted by molar-refractivity contribution is 0.133. The van der Waals surface area contributed by atoms with E-state index in [1.54, 1.807) is 6.07 Å². The summed E-state index contributed by atoms with van der Waals surface area (Å²) in [5, 5.41) is 26.8. The second-order valence-corrected chi connectivity index (χ2v) is 5.01. The topological polar surface area (TPSA) is 69.5 Å². The van der Waals surface area contributed by atoms with E-state index in [9.17, 15) is 5.11 Å². The van der Waals surface area contributed by atoms with Gasteiger partial charge in [0.15, 0.2) is 5.82 Å². The van der Waals surface area contributed by atoms with Crippen molar-refractivity contribution in [2.75, 3.05) is 18.0 Å². The van der Waals surface area contributed by atoms with Crippen molar-refractivity contribution in [2.24, 2.45) is 11.8 Å². The molecule has 0 amide bonds. The van der Waals surface area contributed by atoms with Crippen molar-refractivity contribution >= 4 is 5.82 Å². The Morgan fingerprint density at radius 1 is 1.24 bits per heavy atom. The Morgan fingerprint density at radius 3 is 2.76 bits per heavy atom. The van der Waals surface area contributed by atoms with Gasteiger partial charge in [-0.05, 0) is 30.9 Å². The van der Waals surface area contributed by atoms with E-state index < -0.39 is 0 Å². The van der Waals surface area contributed by atoms with Crippen molar-refractivity contribution in [3.8, 4) is 0 Å². The monoisotopic (exact) mass is 235 g/mol. The van der Waals surface area contributed by atoms with Crippen molar-refractivity contribution in [2.45, 2.75) is 25.6 Å². The van der Waals surface area contributed by atoms with E-state index >= 15 is 0 Å². The standard InChI is InChI=1S/C12H17N3O2/c16-7-9-2-4-12(14-13-9)15-5-8-1-3-11(17)10(8)6-15/h2,4,8,10-11,16-17H,1,3,5-7H2. The molecule has 1 saturated heterocycles. The van der Waals surface area contributed by atoms with Crippen LogP contribution in [0.5, 0.6) is 0 Å². The minimum absolute atomic E-state index is 0.0722. The Bertz CT molecular complexity index is 395. The van der Waals surface area contributed by atoms with Crippen LogP contribution in [-0.2, 0) is 6.61 Å². The number of aliphatic hydroxyl groups is 2. The Morgan fingerprint density at radius 2 is 2.12 bits per heavy atom. The molecule has 2 fully saturated rings. The van der Waals surface area contributed by atoms with Crippen LogP contribution in [0, 0.1) is 11.8 Å². The van der Waals surface area contributed by atoms with Gasteiger partial charge in [-0.25, -0.2) is 0 Å². The molecule has 2 heterocycles. The number of nitrogens with zero attached hydrogens (tertiary/aromatic N) is 3. The summed E-state index contributed by atoms with van der Waals surface area (Å²) in [7, 11) is 0. The van der Waals surface area contributed by atoms with Gasteiger partial charge in [0.1, 0.15) is 0 Å². The highest BCUT2D eigenvalue weighted by Crippen LogP contribution is 2.39. The molecule has 1 aliphatic heterocycles. The summed E-state index contributed by atoms with van der Waals surface area (Å²) < 4.78 is 0. The van der Waals surface area contributed by atoms with Gasteiger partial charge in [-0.2, -0.15) is 5.10 Å². The number of fused-ring (bicyclic) bond motifs is 1. The molecule has 2 N–H and O–H groups in total. The van der Waals surface area contributed by atoms with E-state index in [-0.39, 0.29) is 12.7 Å². The summed E-state index contributed by atoms with van der Waals surface area (Å²) in [4.78, 5) is 2.19. The molecule has 5 nitrogen and oxygen atoms in total. The van der Waals surface area contributed by atoms with Crippen LogP contribution in [0.25, 0.3) is 0 Å². The summed E-state index contributed by atoms with van der Waals surface area (Å²) in [5.74, 6) is 1.85. The van der Waals surface area contributed by atoms with Gasteiger partial charge in [0.05, 0.1) is 18.4 Å². The highest BCUT2D eigenvalue weighted by molar-refractivity contribution is 5.39. The van der Waals surface area contributed by atoms with Crippen LogP contribution in [0.4, 0.5) is 5.82 Å². The second kappa shape index (κ2) is 4.23. The maximum atomic E-state index is 9.85. The van der Waals surface area contributed by atoms with Crippen LogP contribution in [0.3, 0.4) is 0 Å². The third-order valence-corrected chi connectivity index (χ3v) is 4.01. The van der Waals surface area contributed by atoms with Gasteiger partial charge in [0.2, 0.25) is 0 Å². The van der Waals surface area contributed by atoms with E-state index in [0.717, 1.165) is 31.7 Å². The van der Waals surface area contributed by atoms with Crippen molar-refractivity contribution in [3.05, 3.63) is 17.8 Å². The molecule has 0 bridgehead atoms. The number of hydrogen-bond donors (Lipinski definition) is 2. The van der Waals surface area contributed by atoms with Crippen molar-refractivity contribution < 1.29 is 10.2 Å². The lowest BCUT2D eigenvalue weighted by atomic mass is 10.00. The molecule has 3 unspecified atom stereocenters. The van der Waals surface area contributed by atoms with E-state index in [1.165, 1.54) is 0 Å². The first-order valence-electron chi connectivity index (χ1n) is 6.14. The van der Waals surface area contributed by atoms with Gasteiger partial charge in [-0.3, -0.25) is 0 Å². The molecule has 1 aliphatic carbocycles. The first kappa shape index (κ1) is 10.9. The predicted molar refractivity (Wildman–Crippen MR) is 62.4 cm³/mol. The second-order valence-electron chi connectivity index (χ2n) is 5.01. The molecule has 1 aromatic heterocycles. The summed E-state index contributed by atoms with van der Waals surface area (Å²) >= 11 is 0. The van der Waals surface area contributed by atoms with Crippen LogP contribution in [0.1, 0.15) is 18.5 Å². The number of aromatic nitrogens is 2. The molecule has 5 heteroatoms. The number of rotatable bonds is 2. The lowest BCUT2D eigenvalue weighted by Gasteiger charge is -2.18. The molecule has 92 valence electrons. The normalized spacial score (nSPS) is 31.9. The average Bonchev–Trinajstić information content (AvgIpc) is 2.92. The molecule has 3 rings (SSSR count). The number of aliphatic hydroxyl groups excluding tert-OH is 2. The smallest absolute Gasteiger partial charge is 0.151 e. The zero-order valence-corrected chi connectivity index (χ0v) is 9.66. The van der Waals surface area contributed by atoms with Crippen LogP contribution in [0.15, 0.2) is 12.1 Å². The fraction of sp³-hybridized carbons (Fsp3) is 0.667. The summed E-state index contributed by atoms with van der Waals surface area (Å²) in [6.45, 7) is 1.77. The average molecular weight is 235 g/mol. The zero-order chi connectivity index (χ0) is 11.8. The maximum absolute atomic E-state index is 9.85. The first-order valence-corrected chi connectivity index (χ1v) is 6.14. The molecule has 2 aliphatic rings. The third kappa shape index (κ3) is 1.89. The van der Waals surface area contributed by atoms with Crippen molar-refractivity contribution in [1.29, 1.82) is 0 Å². The molecular weight excluding hydrogens is 218 g/mol. The van der Waals surface area contributed by atoms with Gasteiger partial charge < -0.3 is 15.1 Å². The Labute approximate surface area is 100 Å². The van der Waals surface area contributed by atoms with Crippen molar-refractivity contribution in [1.82, 2.24) is 10.2 Å². The highest BCUT2D eigenvalue weighted by Gasteiger charge is 2.42. The van der Waals surface area contributed by atoms with Crippen LogP contribution < -0.4 is 4.90 Å². The molecule has 17 heavy (non-hydrogen) atoms. The Balaban J connectivity index is 1.73. The molecular formula is C12H17N3O2. The van der Waals surface area contributed by atoms with Crippen LogP contribution >= 0.6 is 0 Å². The minimum Gasteiger partial charge on any atom is -0.393 e. The molecule has 1 saturated carbocycles. The fourth-order valence-electron chi connectivity index (χ4n) is 3.03. The molecule has 0 radical (unpaired) electrons. The molecule has 3 atom stereocenters. The SMILES string of the molecule is OCc1ccc(N2CC3CCC(O)C3C2)nn1. The zero-order valence-electron chi connectivity index (χ0n) is 9.66. The largest absolute Gasteiger partial charge is 0.393 e. The van der Waals surface area contributed by atoms with Gasteiger partial charge in [-0.1, -0.05) is 0 Å². The maximum Gasteiger partial charge on any atom is 0.151 e. The van der Waals surface area contributed by atoms with Gasteiger partial charge in [0.25, 0.3) is 0 Å². The predicted octanol–water partition coefficient (Wildman–Crippen LogP) is 0.176. The Kier molecular flexibility index (Phi) is 2.72. The molecule has 0 spiro atoms. The van der Waals surface area contributed by atoms with Crippen molar-refractivity contribution in [3.63, 3.8) is 0 Å². The van der Waals surface area contributed by atoms with E-state index in [1.807, 2.05) is 6.07 Å². The van der Waals surface area contributed by atoms with Gasteiger partial charge in [-0.15, -0.1) is 5.10 Å². The quantitative estimate of drug-likeness (QED) is 0.765. The lowest BCUT2D eigenvalue weighted by Crippen LogP contribution is -2.25. The van der Waals surface area contributed by atoms with Crippen LogP contribution in [-0.4, -0.2) is 39.6 Å². The van der Waals surface area contributed by atoms with Gasteiger partial charge >= 0.3 is 0 Å². The van der Waals surface area contributed by atoms with Crippen LogP contribution in [0.2, 0.25) is 0 Å². The fourth-order valence-corrected chi connectivity index (χ4v) is 3.03. The Hall–Kier alpha value is -1.20. The van der Waals surface area contributed by atoms with E-state index in [4.69, 9.17) is 5.11 Å². The van der Waals surface area contributed by atoms with Gasteiger partial charge in [0, 0.05) is 19.0 Å². The number of hydrogen-bond acceptors (Lipinski definition) is 5. The summed E-state index contributed by atoms with van der Waals surface area (Å²) in [5.41, 5.74) is 0.591. The summed E-state index contributed by atoms with van der Waals surface area (Å²) in [6.07, 6.45) is 1.91. The van der Waals surface area contributed by atoms with E-state index in [2.05, 4.69) is 15.1 Å². The highest BCUT2D eigenvalue weighted by atomic mass is 16.3.